The van der Waals surface area contributed by atoms with E-state index in [-0.39, 0.29) is 0 Å². The molecule has 1 heterocycles. The Hall–Kier alpha value is -0.970. The van der Waals surface area contributed by atoms with Gasteiger partial charge in [0.2, 0.25) is 0 Å². The maximum absolute atomic E-state index is 12.6. The van der Waals surface area contributed by atoms with E-state index in [1.807, 2.05) is 0 Å². The number of nitrogens with zero attached hydrogens (tertiary/aromatic N) is 2. The molecule has 0 aromatic carbocycles. The molecular formula is C6H8F2N2O. The Bertz CT molecular complexity index is 246. The molecule has 1 aromatic heterocycles. The molecule has 1 aromatic rings. The van der Waals surface area contributed by atoms with Gasteiger partial charge in [0.05, 0.1) is 0 Å². The molecule has 3 nitrogen and oxygen atoms in total. The van der Waals surface area contributed by atoms with Crippen LogP contribution in [0.25, 0.3) is 0 Å². The summed E-state index contributed by atoms with van der Waals surface area (Å²) in [5.41, 5.74) is 0. The molecule has 0 bridgehead atoms. The average molecular weight is 162 g/mol. The Labute approximate surface area is 62.3 Å². The van der Waals surface area contributed by atoms with Crippen molar-refractivity contribution >= 4 is 0 Å². The molecule has 0 fully saturated rings. The summed E-state index contributed by atoms with van der Waals surface area (Å²) >= 11 is 0. The minimum atomic E-state index is -3.24. The van der Waals surface area contributed by atoms with E-state index in [0.29, 0.717) is 0 Å². The molecule has 0 unspecified atom stereocenters. The Morgan fingerprint density at radius 3 is 2.73 bits per heavy atom. The van der Waals surface area contributed by atoms with Gasteiger partial charge < -0.3 is 9.67 Å². The molecule has 11 heavy (non-hydrogen) atoms. The summed E-state index contributed by atoms with van der Waals surface area (Å²) < 4.78 is 26.5. The maximum atomic E-state index is 12.6. The lowest BCUT2D eigenvalue weighted by Crippen LogP contribution is -2.22. The molecule has 0 radical (unpaired) electrons. The molecule has 0 saturated heterocycles. The fourth-order valence-electron chi connectivity index (χ4n) is 0.789. The van der Waals surface area contributed by atoms with E-state index in [9.17, 15) is 8.78 Å². The number of aryl methyl sites for hydroxylation is 1. The minimum absolute atomic E-state index is 0.417. The summed E-state index contributed by atoms with van der Waals surface area (Å²) in [7, 11) is 1.45. The molecular weight excluding hydrogens is 154 g/mol. The van der Waals surface area contributed by atoms with Gasteiger partial charge in [-0.25, -0.2) is 4.98 Å². The molecule has 0 spiro atoms. The van der Waals surface area contributed by atoms with Crippen molar-refractivity contribution in [2.24, 2.45) is 7.05 Å². The van der Waals surface area contributed by atoms with Gasteiger partial charge in [0.15, 0.2) is 5.82 Å². The van der Waals surface area contributed by atoms with Crippen LogP contribution in [0.3, 0.4) is 0 Å². The van der Waals surface area contributed by atoms with E-state index in [4.69, 9.17) is 5.11 Å². The van der Waals surface area contributed by atoms with Crippen molar-refractivity contribution in [2.45, 2.75) is 5.92 Å². The van der Waals surface area contributed by atoms with Crippen LogP contribution in [0.5, 0.6) is 0 Å². The van der Waals surface area contributed by atoms with E-state index in [1.165, 1.54) is 24.0 Å². The average Bonchev–Trinajstić information content (AvgIpc) is 2.36. The first-order chi connectivity index (χ1) is 5.08. The molecule has 62 valence electrons. The predicted octanol–water partition coefficient (Wildman–Crippen LogP) is 0.504. The first-order valence-corrected chi connectivity index (χ1v) is 3.04. The zero-order valence-corrected chi connectivity index (χ0v) is 5.96. The first kappa shape index (κ1) is 8.13. The zero-order chi connectivity index (χ0) is 8.48. The van der Waals surface area contributed by atoms with Crippen molar-refractivity contribution in [3.8, 4) is 0 Å². The van der Waals surface area contributed by atoms with Crippen molar-refractivity contribution in [1.82, 2.24) is 9.55 Å². The summed E-state index contributed by atoms with van der Waals surface area (Å²) in [6.45, 7) is -1.21. The van der Waals surface area contributed by atoms with Gasteiger partial charge in [-0.05, 0) is 0 Å². The normalized spacial score (nSPS) is 12.0. The number of imidazole rings is 1. The molecule has 0 aliphatic heterocycles. The third kappa shape index (κ3) is 1.37. The van der Waals surface area contributed by atoms with Crippen LogP contribution < -0.4 is 0 Å². The molecule has 0 aliphatic carbocycles. The van der Waals surface area contributed by atoms with Crippen molar-refractivity contribution in [2.75, 3.05) is 6.61 Å². The first-order valence-electron chi connectivity index (χ1n) is 3.04. The van der Waals surface area contributed by atoms with Crippen LogP contribution in [0.1, 0.15) is 5.82 Å². The van der Waals surface area contributed by atoms with Crippen LogP contribution in [0.15, 0.2) is 12.4 Å². The van der Waals surface area contributed by atoms with E-state index < -0.39 is 18.4 Å². The van der Waals surface area contributed by atoms with Gasteiger partial charge in [0.25, 0.3) is 0 Å². The SMILES string of the molecule is Cn1ccnc1C(F)(F)CO. The fraction of sp³-hybridized carbons (Fsp3) is 0.500. The van der Waals surface area contributed by atoms with Crippen LogP contribution in [-0.4, -0.2) is 21.3 Å². The number of alkyl halides is 2. The van der Waals surface area contributed by atoms with Gasteiger partial charge in [-0.3, -0.25) is 0 Å². The molecule has 0 atom stereocenters. The lowest BCUT2D eigenvalue weighted by Gasteiger charge is -2.11. The lowest BCUT2D eigenvalue weighted by molar-refractivity contribution is -0.0650. The highest BCUT2D eigenvalue weighted by Gasteiger charge is 2.34. The second-order valence-corrected chi connectivity index (χ2v) is 2.22. The lowest BCUT2D eigenvalue weighted by atomic mass is 10.3. The van der Waals surface area contributed by atoms with Crippen molar-refractivity contribution in [3.05, 3.63) is 18.2 Å². The third-order valence-electron chi connectivity index (χ3n) is 1.35. The van der Waals surface area contributed by atoms with Crippen LogP contribution in [-0.2, 0) is 13.0 Å². The van der Waals surface area contributed by atoms with Crippen molar-refractivity contribution in [1.29, 1.82) is 0 Å². The van der Waals surface area contributed by atoms with Gasteiger partial charge in [-0.15, -0.1) is 0 Å². The molecule has 5 heteroatoms. The van der Waals surface area contributed by atoms with Crippen LogP contribution in [0.4, 0.5) is 8.78 Å². The van der Waals surface area contributed by atoms with Crippen LogP contribution in [0, 0.1) is 0 Å². The number of hydrogen-bond acceptors (Lipinski definition) is 2. The van der Waals surface area contributed by atoms with Gasteiger partial charge in [-0.2, -0.15) is 8.78 Å². The molecule has 0 saturated carbocycles. The second-order valence-electron chi connectivity index (χ2n) is 2.22. The highest BCUT2D eigenvalue weighted by molar-refractivity contribution is 4.99. The van der Waals surface area contributed by atoms with Gasteiger partial charge in [-0.1, -0.05) is 0 Å². The van der Waals surface area contributed by atoms with Crippen molar-refractivity contribution in [3.63, 3.8) is 0 Å². The summed E-state index contributed by atoms with van der Waals surface area (Å²) in [6.07, 6.45) is 2.66. The summed E-state index contributed by atoms with van der Waals surface area (Å²) in [4.78, 5) is 3.41. The van der Waals surface area contributed by atoms with E-state index in [2.05, 4.69) is 4.98 Å². The largest absolute Gasteiger partial charge is 0.390 e. The predicted molar refractivity (Wildman–Crippen MR) is 34.2 cm³/mol. The molecule has 0 aliphatic rings. The van der Waals surface area contributed by atoms with E-state index in [1.54, 1.807) is 0 Å². The fourth-order valence-corrected chi connectivity index (χ4v) is 0.789. The number of aromatic nitrogens is 2. The smallest absolute Gasteiger partial charge is 0.327 e. The quantitative estimate of drug-likeness (QED) is 0.687. The summed E-state index contributed by atoms with van der Waals surface area (Å²) in [6, 6.07) is 0. The number of halogens is 2. The van der Waals surface area contributed by atoms with Gasteiger partial charge in [0.1, 0.15) is 6.61 Å². The summed E-state index contributed by atoms with van der Waals surface area (Å²) in [5, 5.41) is 8.29. The summed E-state index contributed by atoms with van der Waals surface area (Å²) in [5.74, 6) is -3.65. The number of rotatable bonds is 2. The molecule has 1 N–H and O–H groups in total. The van der Waals surface area contributed by atoms with E-state index in [0.717, 1.165) is 0 Å². The Kier molecular flexibility index (Phi) is 1.90. The van der Waals surface area contributed by atoms with Gasteiger partial charge in [0, 0.05) is 19.4 Å². The van der Waals surface area contributed by atoms with Crippen molar-refractivity contribution < 1.29 is 13.9 Å². The highest BCUT2D eigenvalue weighted by atomic mass is 19.3. The zero-order valence-electron chi connectivity index (χ0n) is 5.96. The minimum Gasteiger partial charge on any atom is -0.390 e. The number of aliphatic hydroxyl groups excluding tert-OH is 1. The Morgan fingerprint density at radius 2 is 2.36 bits per heavy atom. The monoisotopic (exact) mass is 162 g/mol. The van der Waals surface area contributed by atoms with Crippen LogP contribution in [0.2, 0.25) is 0 Å². The van der Waals surface area contributed by atoms with Crippen LogP contribution >= 0.6 is 0 Å². The van der Waals surface area contributed by atoms with E-state index >= 15 is 0 Å². The number of hydrogen-bond donors (Lipinski definition) is 1. The second kappa shape index (κ2) is 2.58. The Balaban J connectivity index is 3.00. The molecule has 1 rings (SSSR count). The third-order valence-corrected chi connectivity index (χ3v) is 1.35. The standard InChI is InChI=1S/C6H8F2N2O/c1-10-3-2-9-5(10)6(7,8)4-11/h2-3,11H,4H2,1H3. The Morgan fingerprint density at radius 1 is 1.73 bits per heavy atom. The molecule has 0 amide bonds. The van der Waals surface area contributed by atoms with Gasteiger partial charge >= 0.3 is 5.92 Å². The maximum Gasteiger partial charge on any atom is 0.327 e. The highest BCUT2D eigenvalue weighted by Crippen LogP contribution is 2.24. The number of aliphatic hydroxyl groups is 1. The topological polar surface area (TPSA) is 38.0 Å².